The third kappa shape index (κ3) is 4.00. The maximum atomic E-state index is 11.9. The maximum absolute atomic E-state index is 11.9. The quantitative estimate of drug-likeness (QED) is 0.677. The summed E-state index contributed by atoms with van der Waals surface area (Å²) in [5, 5.41) is 11.6. The van der Waals surface area contributed by atoms with Crippen LogP contribution in [0.15, 0.2) is 0 Å². The summed E-state index contributed by atoms with van der Waals surface area (Å²) < 4.78 is 0. The molecule has 5 heteroatoms. The van der Waals surface area contributed by atoms with Gasteiger partial charge in [-0.3, -0.25) is 4.79 Å². The number of hydrogen-bond donors (Lipinski definition) is 3. The topological polar surface area (TPSA) is 92.4 Å². The Bertz CT molecular complexity index is 291. The Labute approximate surface area is 102 Å². The normalized spacial score (nSPS) is 26.6. The molecule has 3 atom stereocenters. The van der Waals surface area contributed by atoms with Crippen LogP contribution in [-0.2, 0) is 9.59 Å². The van der Waals surface area contributed by atoms with E-state index < -0.39 is 12.0 Å². The number of nitrogens with two attached hydrogens (primary N) is 1. The van der Waals surface area contributed by atoms with E-state index in [2.05, 4.69) is 5.32 Å². The molecule has 1 amide bonds. The van der Waals surface area contributed by atoms with Gasteiger partial charge in [-0.2, -0.15) is 0 Å². The second kappa shape index (κ2) is 6.00. The van der Waals surface area contributed by atoms with Gasteiger partial charge in [0.25, 0.3) is 0 Å². The molecule has 1 aliphatic carbocycles. The van der Waals surface area contributed by atoms with E-state index in [0.29, 0.717) is 6.42 Å². The number of nitrogens with one attached hydrogen (secondary N) is 1. The number of carbonyl (C=O) groups excluding carboxylic acids is 1. The average molecular weight is 242 g/mol. The van der Waals surface area contributed by atoms with Crippen molar-refractivity contribution >= 4 is 11.9 Å². The van der Waals surface area contributed by atoms with Crippen molar-refractivity contribution < 1.29 is 14.7 Å². The Morgan fingerprint density at radius 2 is 2.00 bits per heavy atom. The highest BCUT2D eigenvalue weighted by Gasteiger charge is 2.30. The molecule has 0 spiro atoms. The molecule has 4 N–H and O–H groups in total. The second-order valence-electron chi connectivity index (χ2n) is 5.19. The molecule has 1 rings (SSSR count). The smallest absolute Gasteiger partial charge is 0.326 e. The molecule has 0 heterocycles. The summed E-state index contributed by atoms with van der Waals surface area (Å²) in [7, 11) is 0. The zero-order valence-corrected chi connectivity index (χ0v) is 10.5. The van der Waals surface area contributed by atoms with Crippen LogP contribution in [0.3, 0.4) is 0 Å². The minimum atomic E-state index is -0.978. The van der Waals surface area contributed by atoms with E-state index in [9.17, 15) is 9.59 Å². The highest BCUT2D eigenvalue weighted by atomic mass is 16.4. The van der Waals surface area contributed by atoms with Gasteiger partial charge >= 0.3 is 5.97 Å². The lowest BCUT2D eigenvalue weighted by Crippen LogP contribution is -2.48. The van der Waals surface area contributed by atoms with E-state index in [0.717, 1.165) is 19.3 Å². The predicted octanol–water partition coefficient (Wildman–Crippen LogP) is 0.729. The van der Waals surface area contributed by atoms with Crippen LogP contribution < -0.4 is 11.1 Å². The molecule has 1 aliphatic rings. The van der Waals surface area contributed by atoms with Gasteiger partial charge in [-0.25, -0.2) is 4.79 Å². The van der Waals surface area contributed by atoms with Crippen molar-refractivity contribution in [3.63, 3.8) is 0 Å². The first-order valence-corrected chi connectivity index (χ1v) is 6.20. The number of aliphatic carboxylic acids is 1. The molecule has 1 fully saturated rings. The molecule has 0 aromatic heterocycles. The molecular formula is C12H22N2O3. The maximum Gasteiger partial charge on any atom is 0.326 e. The summed E-state index contributed by atoms with van der Waals surface area (Å²) in [6, 6.07) is -0.734. The fraction of sp³-hybridized carbons (Fsp3) is 0.833. The first-order valence-electron chi connectivity index (χ1n) is 6.20. The Hall–Kier alpha value is -1.10. The minimum absolute atomic E-state index is 0.0711. The zero-order chi connectivity index (χ0) is 13.0. The lowest BCUT2D eigenvalue weighted by molar-refractivity contribution is -0.144. The van der Waals surface area contributed by atoms with Crippen molar-refractivity contribution in [1.29, 1.82) is 0 Å². The van der Waals surface area contributed by atoms with Gasteiger partial charge in [0.05, 0.1) is 0 Å². The van der Waals surface area contributed by atoms with Crippen LogP contribution in [-0.4, -0.2) is 29.1 Å². The zero-order valence-electron chi connectivity index (χ0n) is 10.5. The summed E-state index contributed by atoms with van der Waals surface area (Å²) in [5.74, 6) is -1.39. The Morgan fingerprint density at radius 3 is 2.47 bits per heavy atom. The van der Waals surface area contributed by atoms with E-state index in [4.69, 9.17) is 10.8 Å². The summed E-state index contributed by atoms with van der Waals surface area (Å²) in [6.45, 7) is 3.57. The van der Waals surface area contributed by atoms with Crippen LogP contribution in [0.1, 0.15) is 39.5 Å². The van der Waals surface area contributed by atoms with Crippen LogP contribution in [0.2, 0.25) is 0 Å². The molecule has 5 nitrogen and oxygen atoms in total. The van der Waals surface area contributed by atoms with Crippen molar-refractivity contribution in [3.8, 4) is 0 Å². The van der Waals surface area contributed by atoms with Gasteiger partial charge in [0.1, 0.15) is 6.04 Å². The number of carboxylic acid groups (broad SMARTS) is 1. The first kappa shape index (κ1) is 14.0. The van der Waals surface area contributed by atoms with Gasteiger partial charge in [-0.1, -0.05) is 20.3 Å². The van der Waals surface area contributed by atoms with Crippen molar-refractivity contribution in [2.45, 2.75) is 51.6 Å². The van der Waals surface area contributed by atoms with Crippen molar-refractivity contribution in [2.75, 3.05) is 0 Å². The molecule has 0 aliphatic heterocycles. The largest absolute Gasteiger partial charge is 0.480 e. The van der Waals surface area contributed by atoms with Gasteiger partial charge in [-0.15, -0.1) is 0 Å². The molecule has 0 bridgehead atoms. The molecule has 0 radical (unpaired) electrons. The van der Waals surface area contributed by atoms with Crippen LogP contribution in [0.4, 0.5) is 0 Å². The van der Waals surface area contributed by atoms with E-state index >= 15 is 0 Å². The Kier molecular flexibility index (Phi) is 4.93. The number of amides is 1. The van der Waals surface area contributed by atoms with Gasteiger partial charge < -0.3 is 16.2 Å². The predicted molar refractivity (Wildman–Crippen MR) is 64.3 cm³/mol. The summed E-state index contributed by atoms with van der Waals surface area (Å²) in [4.78, 5) is 22.9. The molecule has 98 valence electrons. The van der Waals surface area contributed by atoms with E-state index in [1.165, 1.54) is 0 Å². The van der Waals surface area contributed by atoms with E-state index in [-0.39, 0.29) is 23.8 Å². The monoisotopic (exact) mass is 242 g/mol. The number of carboxylic acids is 1. The van der Waals surface area contributed by atoms with Crippen LogP contribution in [0, 0.1) is 11.8 Å². The number of carbonyl (C=O) groups is 2. The highest BCUT2D eigenvalue weighted by molar-refractivity contribution is 5.85. The van der Waals surface area contributed by atoms with Crippen molar-refractivity contribution in [3.05, 3.63) is 0 Å². The molecule has 17 heavy (non-hydrogen) atoms. The fourth-order valence-electron chi connectivity index (χ4n) is 2.25. The fourth-order valence-corrected chi connectivity index (χ4v) is 2.25. The van der Waals surface area contributed by atoms with Crippen molar-refractivity contribution in [2.24, 2.45) is 17.6 Å². The number of hydrogen-bond acceptors (Lipinski definition) is 3. The average Bonchev–Trinajstić information content (AvgIpc) is 2.24. The van der Waals surface area contributed by atoms with E-state index in [1.807, 2.05) is 0 Å². The minimum Gasteiger partial charge on any atom is -0.480 e. The Balaban J connectivity index is 2.54. The lowest BCUT2D eigenvalue weighted by Gasteiger charge is -2.27. The van der Waals surface area contributed by atoms with Gasteiger partial charge in [0.15, 0.2) is 0 Å². The molecule has 0 aromatic rings. The SMILES string of the molecule is CC(C)C(NC(=O)C1CCCC(N)C1)C(=O)O. The highest BCUT2D eigenvalue weighted by Crippen LogP contribution is 2.23. The Morgan fingerprint density at radius 1 is 1.35 bits per heavy atom. The molecule has 0 aromatic carbocycles. The summed E-state index contributed by atoms with van der Waals surface area (Å²) >= 11 is 0. The third-order valence-electron chi connectivity index (χ3n) is 3.32. The second-order valence-corrected chi connectivity index (χ2v) is 5.19. The molecular weight excluding hydrogens is 220 g/mol. The summed E-state index contributed by atoms with van der Waals surface area (Å²) in [5.41, 5.74) is 5.82. The lowest BCUT2D eigenvalue weighted by atomic mass is 9.85. The summed E-state index contributed by atoms with van der Waals surface area (Å²) in [6.07, 6.45) is 3.37. The van der Waals surface area contributed by atoms with Gasteiger partial charge in [0.2, 0.25) is 5.91 Å². The van der Waals surface area contributed by atoms with Crippen molar-refractivity contribution in [1.82, 2.24) is 5.32 Å². The van der Waals surface area contributed by atoms with Crippen LogP contribution in [0.25, 0.3) is 0 Å². The standard InChI is InChI=1S/C12H22N2O3/c1-7(2)10(12(16)17)14-11(15)8-4-3-5-9(13)6-8/h7-10H,3-6,13H2,1-2H3,(H,14,15)(H,16,17). The first-order chi connectivity index (χ1) is 7.91. The molecule has 3 unspecified atom stereocenters. The molecule has 0 saturated heterocycles. The molecule has 1 saturated carbocycles. The number of rotatable bonds is 4. The van der Waals surface area contributed by atoms with Crippen LogP contribution >= 0.6 is 0 Å². The third-order valence-corrected chi connectivity index (χ3v) is 3.32. The van der Waals surface area contributed by atoms with Gasteiger partial charge in [0, 0.05) is 12.0 Å². The van der Waals surface area contributed by atoms with Crippen LogP contribution in [0.5, 0.6) is 0 Å². The van der Waals surface area contributed by atoms with E-state index in [1.54, 1.807) is 13.8 Å². The van der Waals surface area contributed by atoms with Gasteiger partial charge in [-0.05, 0) is 25.2 Å².